The molecule has 0 aliphatic carbocycles. The topological polar surface area (TPSA) is 55.8 Å². The van der Waals surface area contributed by atoms with E-state index >= 15 is 0 Å². The Morgan fingerprint density at radius 2 is 2.27 bits per heavy atom. The maximum Gasteiger partial charge on any atom is 1.00 e. The van der Waals surface area contributed by atoms with Crippen LogP contribution in [-0.2, 0) is 14.3 Å². The molecular weight excluding hydrogens is 175 g/mol. The fourth-order valence-electron chi connectivity index (χ4n) is 0.809. The normalized spacial score (nSPS) is 27.6. The summed E-state index contributed by atoms with van der Waals surface area (Å²) in [6, 6.07) is 0. The molecule has 0 aromatic heterocycles. The van der Waals surface area contributed by atoms with E-state index in [2.05, 4.69) is 0 Å². The second kappa shape index (κ2) is 4.32. The minimum absolute atomic E-state index is 0. The molecule has 60 valence electrons. The molecule has 0 spiro atoms. The van der Waals surface area contributed by atoms with Gasteiger partial charge >= 0.3 is 57.4 Å². The van der Waals surface area contributed by atoms with Crippen molar-refractivity contribution >= 4 is 5.97 Å². The van der Waals surface area contributed by atoms with Crippen LogP contribution in [0.5, 0.6) is 0 Å². The number of hydrogen-bond acceptors (Lipinski definition) is 3. The molecule has 1 saturated heterocycles. The summed E-state index contributed by atoms with van der Waals surface area (Å²) in [5.74, 6) is -1.70. The van der Waals surface area contributed by atoms with Crippen molar-refractivity contribution in [2.75, 3.05) is 6.61 Å². The summed E-state index contributed by atoms with van der Waals surface area (Å²) in [4.78, 5) is 10.3. The predicted molar refractivity (Wildman–Crippen MR) is 33.7 cm³/mol. The molecule has 1 fully saturated rings. The Balaban J connectivity index is 0. The average molecular weight is 186 g/mol. The second-order valence-corrected chi connectivity index (χ2v) is 2.66. The third-order valence-electron chi connectivity index (χ3n) is 1.28. The van der Waals surface area contributed by atoms with Crippen molar-refractivity contribution in [2.24, 2.45) is 0 Å². The molecule has 0 aromatic rings. The minimum atomic E-state index is -0.967. The van der Waals surface area contributed by atoms with Crippen LogP contribution in [0.1, 0.15) is 15.3 Å². The van der Waals surface area contributed by atoms with Gasteiger partial charge in [-0.1, -0.05) is 0 Å². The maximum absolute atomic E-state index is 10.3. The predicted octanol–water partition coefficient (Wildman–Crippen LogP) is -2.66. The van der Waals surface area contributed by atoms with Crippen molar-refractivity contribution in [1.29, 1.82) is 0 Å². The largest absolute Gasteiger partial charge is 1.00 e. The zero-order chi connectivity index (χ0) is 7.78. The van der Waals surface area contributed by atoms with Crippen LogP contribution in [0.15, 0.2) is 0 Å². The summed E-state index contributed by atoms with van der Waals surface area (Å²) >= 11 is 0. The fourth-order valence-corrected chi connectivity index (χ4v) is 0.809. The first-order chi connectivity index (χ1) is 4.51. The van der Waals surface area contributed by atoms with Gasteiger partial charge in [0.05, 0.1) is 6.61 Å². The Morgan fingerprint density at radius 3 is 2.45 bits per heavy atom. The molecule has 0 saturated carbocycles. The summed E-state index contributed by atoms with van der Waals surface area (Å²) in [6.45, 7) is 3.52. The van der Waals surface area contributed by atoms with Gasteiger partial charge in [-0.25, -0.2) is 4.79 Å². The quantitative estimate of drug-likeness (QED) is 0.454. The Hall–Kier alpha value is 1.03. The Morgan fingerprint density at radius 1 is 1.73 bits per heavy atom. The number of carbonyl (C=O) groups is 1. The van der Waals surface area contributed by atoms with Gasteiger partial charge < -0.3 is 16.0 Å². The summed E-state index contributed by atoms with van der Waals surface area (Å²) in [7, 11) is 0. The van der Waals surface area contributed by atoms with Crippen LogP contribution in [0.2, 0.25) is 0 Å². The number of carboxylic acids is 1. The molecule has 5 heteroatoms. The monoisotopic (exact) mass is 186 g/mol. The van der Waals surface area contributed by atoms with Gasteiger partial charge in [-0.15, -0.1) is 0 Å². The number of rotatable bonds is 1. The van der Waals surface area contributed by atoms with Crippen molar-refractivity contribution in [1.82, 2.24) is 0 Å². The van der Waals surface area contributed by atoms with E-state index < -0.39 is 17.9 Å². The van der Waals surface area contributed by atoms with E-state index in [0.29, 0.717) is 0 Å². The molecule has 1 atom stereocenters. The molecule has 1 aliphatic rings. The molecule has 0 amide bonds. The number of carboxylic acid groups (broad SMARTS) is 1. The van der Waals surface area contributed by atoms with Crippen LogP contribution in [0.4, 0.5) is 0 Å². The van der Waals surface area contributed by atoms with Gasteiger partial charge in [0.15, 0.2) is 11.9 Å². The van der Waals surface area contributed by atoms with E-state index in [1.807, 2.05) is 0 Å². The van der Waals surface area contributed by atoms with E-state index in [4.69, 9.17) is 14.6 Å². The van der Waals surface area contributed by atoms with Crippen molar-refractivity contribution in [3.8, 4) is 0 Å². The molecule has 1 heterocycles. The minimum Gasteiger partial charge on any atom is -1.00 e. The zero-order valence-corrected chi connectivity index (χ0v) is 10.1. The van der Waals surface area contributed by atoms with Gasteiger partial charge in [-0.2, -0.15) is 0 Å². The number of ether oxygens (including phenoxy) is 2. The molecule has 0 radical (unpaired) electrons. The first-order valence-electron chi connectivity index (χ1n) is 3.06. The Kier molecular flexibility index (Phi) is 4.72. The molecule has 11 heavy (non-hydrogen) atoms. The van der Waals surface area contributed by atoms with Gasteiger partial charge in [0.2, 0.25) is 0 Å². The van der Waals surface area contributed by atoms with Crippen molar-refractivity contribution in [3.05, 3.63) is 0 Å². The first kappa shape index (κ1) is 12.0. The Bertz CT molecular complexity index is 162. The first-order valence-corrected chi connectivity index (χ1v) is 3.06. The van der Waals surface area contributed by atoms with Crippen molar-refractivity contribution in [3.63, 3.8) is 0 Å². The molecule has 1 N–H and O–H groups in total. The van der Waals surface area contributed by atoms with Crippen LogP contribution >= 0.6 is 0 Å². The fraction of sp³-hybridized carbons (Fsp3) is 0.833. The van der Waals surface area contributed by atoms with Gasteiger partial charge in [-0.3, -0.25) is 0 Å². The van der Waals surface area contributed by atoms with Crippen molar-refractivity contribution in [2.45, 2.75) is 25.7 Å². The van der Waals surface area contributed by atoms with E-state index in [-0.39, 0.29) is 59.4 Å². The molecule has 0 aromatic carbocycles. The zero-order valence-electron chi connectivity index (χ0n) is 7.96. The number of hydrogen-bond donors (Lipinski definition) is 1. The molecule has 0 unspecified atom stereocenters. The van der Waals surface area contributed by atoms with Gasteiger partial charge in [0, 0.05) is 0 Å². The third-order valence-corrected chi connectivity index (χ3v) is 1.28. The van der Waals surface area contributed by atoms with E-state index in [0.717, 1.165) is 0 Å². The summed E-state index contributed by atoms with van der Waals surface area (Å²) < 4.78 is 10.00. The molecular formula is C6H11KO4. The molecule has 1 rings (SSSR count). The van der Waals surface area contributed by atoms with E-state index in [1.54, 1.807) is 13.8 Å². The smallest absolute Gasteiger partial charge is 1.00 e. The number of aliphatic carboxylic acids is 1. The van der Waals surface area contributed by atoms with Crippen LogP contribution in [0.25, 0.3) is 0 Å². The Labute approximate surface area is 109 Å². The van der Waals surface area contributed by atoms with Gasteiger partial charge in [-0.05, 0) is 13.8 Å². The molecule has 0 bridgehead atoms. The van der Waals surface area contributed by atoms with E-state index in [9.17, 15) is 4.79 Å². The third kappa shape index (κ3) is 3.50. The van der Waals surface area contributed by atoms with E-state index in [1.165, 1.54) is 0 Å². The van der Waals surface area contributed by atoms with Crippen LogP contribution < -0.4 is 51.4 Å². The average Bonchev–Trinajstić information content (AvgIpc) is 2.10. The summed E-state index contributed by atoms with van der Waals surface area (Å²) in [5.41, 5.74) is 0. The molecule has 4 nitrogen and oxygen atoms in total. The van der Waals surface area contributed by atoms with Crippen LogP contribution in [-0.4, -0.2) is 29.6 Å². The molecule has 1 aliphatic heterocycles. The van der Waals surface area contributed by atoms with Crippen LogP contribution in [0, 0.1) is 0 Å². The summed E-state index contributed by atoms with van der Waals surface area (Å²) in [6.07, 6.45) is -0.796. The SMILES string of the molecule is CC1(C)OC[C@@H](C(=O)O)O1.[H-].[K+]. The van der Waals surface area contributed by atoms with Crippen molar-refractivity contribution < 1.29 is 72.2 Å². The van der Waals surface area contributed by atoms with Crippen LogP contribution in [0.3, 0.4) is 0 Å². The summed E-state index contributed by atoms with van der Waals surface area (Å²) in [5, 5.41) is 8.44. The van der Waals surface area contributed by atoms with Gasteiger partial charge in [0.25, 0.3) is 0 Å². The maximum atomic E-state index is 10.3. The second-order valence-electron chi connectivity index (χ2n) is 2.66. The standard InChI is InChI=1S/C6H10O4.K.H/c1-6(2)9-3-4(10-6)5(7)8;;/h4H,3H2,1-2H3,(H,7,8);;/q;+1;-1/t4-;;/m0../s1. The van der Waals surface area contributed by atoms with Gasteiger partial charge in [0.1, 0.15) is 0 Å².